The molecule has 0 aliphatic carbocycles. The standard InChI is InChI=1S/C35H22N2S/c1-21-10-8-17-29-30-19-9-18-28(35(30)38-34(21)29)24-13-2-5-14-25(24)31-20-36-32-26-15-6-3-11-22(26)23-12-4-7-16-27(23)33(32)37-31/h2-20H,1H3. The van der Waals surface area contributed by atoms with E-state index in [0.29, 0.717) is 0 Å². The van der Waals surface area contributed by atoms with E-state index in [-0.39, 0.29) is 0 Å². The third-order valence-corrected chi connectivity index (χ3v) is 9.03. The third-order valence-electron chi connectivity index (χ3n) is 7.64. The van der Waals surface area contributed by atoms with E-state index in [1.807, 2.05) is 17.5 Å². The van der Waals surface area contributed by atoms with E-state index in [1.54, 1.807) is 0 Å². The average Bonchev–Trinajstić information content (AvgIpc) is 3.37. The molecule has 0 spiro atoms. The van der Waals surface area contributed by atoms with Crippen LogP contribution in [0.4, 0.5) is 0 Å². The molecular weight excluding hydrogens is 480 g/mol. The molecule has 0 bridgehead atoms. The van der Waals surface area contributed by atoms with Crippen LogP contribution < -0.4 is 0 Å². The van der Waals surface area contributed by atoms with E-state index < -0.39 is 0 Å². The van der Waals surface area contributed by atoms with Crippen molar-refractivity contribution in [3.63, 3.8) is 0 Å². The zero-order valence-electron chi connectivity index (χ0n) is 20.8. The molecular formula is C35H22N2S. The van der Waals surface area contributed by atoms with Gasteiger partial charge < -0.3 is 0 Å². The molecule has 0 N–H and O–H groups in total. The SMILES string of the molecule is Cc1cccc2c1sc1c(-c3ccccc3-c3cnc4c5ccccc5c5ccccc5c4n3)cccc12. The van der Waals surface area contributed by atoms with Crippen LogP contribution in [0, 0.1) is 6.92 Å². The summed E-state index contributed by atoms with van der Waals surface area (Å²) in [6, 6.07) is 38.9. The second kappa shape index (κ2) is 8.20. The van der Waals surface area contributed by atoms with Crippen LogP contribution in [0.5, 0.6) is 0 Å². The van der Waals surface area contributed by atoms with E-state index in [9.17, 15) is 0 Å². The first-order valence-electron chi connectivity index (χ1n) is 12.8. The van der Waals surface area contributed by atoms with Crippen LogP contribution in [0.1, 0.15) is 5.56 Å². The normalized spacial score (nSPS) is 11.8. The molecule has 0 radical (unpaired) electrons. The van der Waals surface area contributed by atoms with Gasteiger partial charge in [0.1, 0.15) is 0 Å². The van der Waals surface area contributed by atoms with Gasteiger partial charge in [0, 0.05) is 42.1 Å². The van der Waals surface area contributed by atoms with E-state index in [2.05, 4.69) is 116 Å². The molecule has 0 aliphatic heterocycles. The first-order chi connectivity index (χ1) is 18.8. The maximum atomic E-state index is 5.29. The fourth-order valence-electron chi connectivity index (χ4n) is 5.87. The zero-order chi connectivity index (χ0) is 25.2. The van der Waals surface area contributed by atoms with Crippen molar-refractivity contribution in [2.24, 2.45) is 0 Å². The second-order valence-corrected chi connectivity index (χ2v) is 10.8. The summed E-state index contributed by atoms with van der Waals surface area (Å²) in [4.78, 5) is 10.3. The molecule has 2 heterocycles. The predicted octanol–water partition coefficient (Wildman–Crippen LogP) is 9.95. The highest BCUT2D eigenvalue weighted by molar-refractivity contribution is 7.26. The number of hydrogen-bond acceptors (Lipinski definition) is 3. The second-order valence-electron chi connectivity index (χ2n) is 9.83. The van der Waals surface area contributed by atoms with Gasteiger partial charge in [-0.2, -0.15) is 0 Å². The Bertz CT molecular complexity index is 2170. The van der Waals surface area contributed by atoms with E-state index in [1.165, 1.54) is 47.6 Å². The van der Waals surface area contributed by atoms with Crippen molar-refractivity contribution < 1.29 is 0 Å². The summed E-state index contributed by atoms with van der Waals surface area (Å²) in [5.74, 6) is 0. The monoisotopic (exact) mass is 502 g/mol. The Labute approximate surface area is 223 Å². The Balaban J connectivity index is 1.42. The number of aromatic nitrogens is 2. The minimum Gasteiger partial charge on any atom is -0.252 e. The number of rotatable bonds is 2. The molecule has 0 saturated heterocycles. The topological polar surface area (TPSA) is 25.8 Å². The summed E-state index contributed by atoms with van der Waals surface area (Å²) in [6.45, 7) is 2.20. The van der Waals surface area contributed by atoms with E-state index in [4.69, 9.17) is 9.97 Å². The highest BCUT2D eigenvalue weighted by atomic mass is 32.1. The minimum absolute atomic E-state index is 0.892. The van der Waals surface area contributed by atoms with Crippen LogP contribution in [0.3, 0.4) is 0 Å². The van der Waals surface area contributed by atoms with Gasteiger partial charge in [0.25, 0.3) is 0 Å². The first kappa shape index (κ1) is 21.5. The molecule has 38 heavy (non-hydrogen) atoms. The van der Waals surface area contributed by atoms with Crippen molar-refractivity contribution in [2.45, 2.75) is 6.92 Å². The van der Waals surface area contributed by atoms with Crippen LogP contribution in [-0.2, 0) is 0 Å². The van der Waals surface area contributed by atoms with Gasteiger partial charge in [-0.1, -0.05) is 109 Å². The highest BCUT2D eigenvalue weighted by Crippen LogP contribution is 2.43. The molecule has 3 heteroatoms. The molecule has 0 fully saturated rings. The maximum Gasteiger partial charge on any atom is 0.0979 e. The largest absolute Gasteiger partial charge is 0.252 e. The fourth-order valence-corrected chi connectivity index (χ4v) is 7.16. The highest BCUT2D eigenvalue weighted by Gasteiger charge is 2.17. The van der Waals surface area contributed by atoms with Gasteiger partial charge in [-0.05, 0) is 28.8 Å². The van der Waals surface area contributed by atoms with Gasteiger partial charge in [0.15, 0.2) is 0 Å². The fraction of sp³-hybridized carbons (Fsp3) is 0.0286. The van der Waals surface area contributed by atoms with Crippen molar-refractivity contribution in [1.29, 1.82) is 0 Å². The molecule has 0 unspecified atom stereocenters. The van der Waals surface area contributed by atoms with Crippen LogP contribution in [0.15, 0.2) is 115 Å². The zero-order valence-corrected chi connectivity index (χ0v) is 21.6. The molecule has 0 amide bonds. The molecule has 8 aromatic rings. The molecule has 8 rings (SSSR count). The summed E-state index contributed by atoms with van der Waals surface area (Å²) in [5, 5.41) is 7.33. The quantitative estimate of drug-likeness (QED) is 0.220. The summed E-state index contributed by atoms with van der Waals surface area (Å²) >= 11 is 1.88. The molecule has 0 aliphatic rings. The number of thiophene rings is 1. The molecule has 0 atom stereocenters. The van der Waals surface area contributed by atoms with Crippen molar-refractivity contribution in [3.8, 4) is 22.4 Å². The van der Waals surface area contributed by atoms with Crippen LogP contribution in [-0.4, -0.2) is 9.97 Å². The maximum absolute atomic E-state index is 5.29. The van der Waals surface area contributed by atoms with Crippen LogP contribution in [0.2, 0.25) is 0 Å². The lowest BCUT2D eigenvalue weighted by atomic mass is 9.95. The van der Waals surface area contributed by atoms with E-state index in [0.717, 1.165) is 33.1 Å². The first-order valence-corrected chi connectivity index (χ1v) is 13.7. The number of fused-ring (bicyclic) bond motifs is 9. The number of benzene rings is 6. The van der Waals surface area contributed by atoms with Crippen LogP contribution in [0.25, 0.3) is 75.1 Å². The van der Waals surface area contributed by atoms with Gasteiger partial charge in [0.05, 0.1) is 22.9 Å². The summed E-state index contributed by atoms with van der Waals surface area (Å²) in [7, 11) is 0. The van der Waals surface area contributed by atoms with Gasteiger partial charge >= 0.3 is 0 Å². The summed E-state index contributed by atoms with van der Waals surface area (Å²) < 4.78 is 2.67. The molecule has 178 valence electrons. The van der Waals surface area contributed by atoms with Crippen molar-refractivity contribution in [3.05, 3.63) is 121 Å². The van der Waals surface area contributed by atoms with Crippen molar-refractivity contribution in [2.75, 3.05) is 0 Å². The lowest BCUT2D eigenvalue weighted by Crippen LogP contribution is -1.93. The molecule has 0 saturated carbocycles. The Morgan fingerprint density at radius 3 is 1.79 bits per heavy atom. The van der Waals surface area contributed by atoms with Gasteiger partial charge in [-0.15, -0.1) is 11.3 Å². The number of aryl methyl sites for hydroxylation is 1. The van der Waals surface area contributed by atoms with Gasteiger partial charge in [-0.25, -0.2) is 4.98 Å². The summed E-state index contributed by atoms with van der Waals surface area (Å²) in [6.07, 6.45) is 1.94. The smallest absolute Gasteiger partial charge is 0.0979 e. The Hall–Kier alpha value is -4.60. The lowest BCUT2D eigenvalue weighted by Gasteiger charge is -2.13. The van der Waals surface area contributed by atoms with E-state index >= 15 is 0 Å². The van der Waals surface area contributed by atoms with Gasteiger partial charge in [-0.3, -0.25) is 4.98 Å². The van der Waals surface area contributed by atoms with Crippen molar-refractivity contribution in [1.82, 2.24) is 9.97 Å². The van der Waals surface area contributed by atoms with Crippen LogP contribution >= 0.6 is 11.3 Å². The third kappa shape index (κ3) is 3.06. The Kier molecular flexibility index (Phi) is 4.64. The number of hydrogen-bond donors (Lipinski definition) is 0. The molecule has 6 aromatic carbocycles. The summed E-state index contributed by atoms with van der Waals surface area (Å²) in [5.41, 5.74) is 7.63. The lowest BCUT2D eigenvalue weighted by molar-refractivity contribution is 1.31. The average molecular weight is 503 g/mol. The van der Waals surface area contributed by atoms with Crippen molar-refractivity contribution >= 4 is 64.1 Å². The molecule has 2 aromatic heterocycles. The van der Waals surface area contributed by atoms with Gasteiger partial charge in [0.2, 0.25) is 0 Å². The Morgan fingerprint density at radius 2 is 1.03 bits per heavy atom. The Morgan fingerprint density at radius 1 is 0.474 bits per heavy atom. The number of nitrogens with zero attached hydrogens (tertiary/aromatic N) is 2. The predicted molar refractivity (Wildman–Crippen MR) is 163 cm³/mol. The molecule has 2 nitrogen and oxygen atoms in total. The minimum atomic E-state index is 0.892.